The number of pyridine rings is 1. The Morgan fingerprint density at radius 2 is 2.33 bits per heavy atom. The van der Waals surface area contributed by atoms with Crippen LogP contribution < -0.4 is 4.90 Å². The second-order valence-corrected chi connectivity index (χ2v) is 4.18. The topological polar surface area (TPSA) is 53.4 Å². The maximum atomic E-state index is 11.8. The first-order valence-electron chi connectivity index (χ1n) is 6.17. The van der Waals surface area contributed by atoms with E-state index in [1.807, 2.05) is 12.1 Å². The van der Waals surface area contributed by atoms with Gasteiger partial charge in [-0.1, -0.05) is 11.8 Å². The molecule has 0 aliphatic carbocycles. The van der Waals surface area contributed by atoms with Crippen molar-refractivity contribution >= 4 is 11.7 Å². The smallest absolute Gasteiger partial charge is 0.228 e. The summed E-state index contributed by atoms with van der Waals surface area (Å²) in [5, 5.41) is 8.67. The Morgan fingerprint density at radius 1 is 1.44 bits per heavy atom. The number of rotatable bonds is 2. The van der Waals surface area contributed by atoms with E-state index in [0.717, 1.165) is 24.9 Å². The fraction of sp³-hybridized carbons (Fsp3) is 0.429. The maximum Gasteiger partial charge on any atom is 0.228 e. The molecule has 1 amide bonds. The number of piperidine rings is 1. The molecule has 0 unspecified atom stereocenters. The third kappa shape index (κ3) is 3.08. The number of hydrogen-bond acceptors (Lipinski definition) is 3. The summed E-state index contributed by atoms with van der Waals surface area (Å²) in [4.78, 5) is 17.7. The van der Waals surface area contributed by atoms with Crippen LogP contribution in [-0.4, -0.2) is 29.1 Å². The standard InChI is InChI=1S/C14H16N2O2/c17-10-4-2-5-12-7-8-15-13(11-12)16-9-3-1-6-14(16)18/h7-8,11,17H,1,3-4,6,9-10H2. The number of nitrogens with zero attached hydrogens (tertiary/aromatic N) is 2. The van der Waals surface area contributed by atoms with E-state index >= 15 is 0 Å². The van der Waals surface area contributed by atoms with Gasteiger partial charge in [0.05, 0.1) is 6.61 Å². The Hall–Kier alpha value is -1.86. The first-order valence-corrected chi connectivity index (χ1v) is 6.17. The summed E-state index contributed by atoms with van der Waals surface area (Å²) in [5.74, 6) is 6.62. The Bertz CT molecular complexity index is 488. The van der Waals surface area contributed by atoms with Gasteiger partial charge in [0.15, 0.2) is 0 Å². The van der Waals surface area contributed by atoms with E-state index in [1.54, 1.807) is 11.1 Å². The molecule has 1 aliphatic rings. The minimum atomic E-state index is 0.0650. The molecule has 0 bridgehead atoms. The quantitative estimate of drug-likeness (QED) is 0.799. The van der Waals surface area contributed by atoms with Gasteiger partial charge in [-0.05, 0) is 25.0 Å². The molecule has 0 spiro atoms. The number of hydrogen-bond donors (Lipinski definition) is 1. The van der Waals surface area contributed by atoms with Crippen molar-refractivity contribution in [3.05, 3.63) is 23.9 Å². The van der Waals surface area contributed by atoms with Gasteiger partial charge in [0.25, 0.3) is 0 Å². The Labute approximate surface area is 107 Å². The normalized spacial score (nSPS) is 15.2. The lowest BCUT2D eigenvalue weighted by molar-refractivity contribution is -0.119. The molecule has 1 aromatic heterocycles. The van der Waals surface area contributed by atoms with E-state index in [2.05, 4.69) is 16.8 Å². The molecule has 2 heterocycles. The predicted molar refractivity (Wildman–Crippen MR) is 69.0 cm³/mol. The predicted octanol–water partition coefficient (Wildman–Crippen LogP) is 1.33. The van der Waals surface area contributed by atoms with E-state index in [0.29, 0.717) is 18.7 Å². The summed E-state index contributed by atoms with van der Waals surface area (Å²) in [5.41, 5.74) is 0.826. The Kier molecular flexibility index (Phi) is 4.32. The zero-order valence-electron chi connectivity index (χ0n) is 10.2. The first-order chi connectivity index (χ1) is 8.81. The summed E-state index contributed by atoms with van der Waals surface area (Å²) in [6.45, 7) is 0.801. The van der Waals surface area contributed by atoms with Gasteiger partial charge in [0.2, 0.25) is 5.91 Å². The van der Waals surface area contributed by atoms with Crippen LogP contribution in [0.3, 0.4) is 0 Å². The lowest BCUT2D eigenvalue weighted by Gasteiger charge is -2.25. The van der Waals surface area contributed by atoms with Crippen molar-refractivity contribution in [3.8, 4) is 11.8 Å². The molecule has 1 aliphatic heterocycles. The number of aliphatic hydroxyl groups excluding tert-OH is 1. The molecule has 0 aromatic carbocycles. The Balaban J connectivity index is 2.16. The molecule has 0 atom stereocenters. The van der Waals surface area contributed by atoms with E-state index in [1.165, 1.54) is 0 Å². The third-order valence-corrected chi connectivity index (χ3v) is 2.81. The van der Waals surface area contributed by atoms with Gasteiger partial charge in [-0.3, -0.25) is 9.69 Å². The highest BCUT2D eigenvalue weighted by molar-refractivity contribution is 5.93. The molecular formula is C14H16N2O2. The zero-order valence-corrected chi connectivity index (χ0v) is 10.2. The molecule has 18 heavy (non-hydrogen) atoms. The lowest BCUT2D eigenvalue weighted by atomic mass is 10.1. The number of amides is 1. The van der Waals surface area contributed by atoms with E-state index < -0.39 is 0 Å². The van der Waals surface area contributed by atoms with Gasteiger partial charge in [-0.2, -0.15) is 0 Å². The van der Waals surface area contributed by atoms with Gasteiger partial charge in [-0.15, -0.1) is 0 Å². The van der Waals surface area contributed by atoms with Crippen LogP contribution >= 0.6 is 0 Å². The molecule has 4 heteroatoms. The minimum absolute atomic E-state index is 0.0650. The number of carbonyl (C=O) groups is 1. The van der Waals surface area contributed by atoms with Crippen LogP contribution in [-0.2, 0) is 4.79 Å². The molecule has 0 radical (unpaired) electrons. The Morgan fingerprint density at radius 3 is 3.11 bits per heavy atom. The summed E-state index contributed by atoms with van der Waals surface area (Å²) < 4.78 is 0. The first kappa shape index (κ1) is 12.6. The summed E-state index contributed by atoms with van der Waals surface area (Å²) in [7, 11) is 0. The molecule has 1 saturated heterocycles. The summed E-state index contributed by atoms with van der Waals surface area (Å²) >= 11 is 0. The monoisotopic (exact) mass is 244 g/mol. The third-order valence-electron chi connectivity index (χ3n) is 2.81. The van der Waals surface area contributed by atoms with Crippen molar-refractivity contribution in [2.45, 2.75) is 25.7 Å². The summed E-state index contributed by atoms with van der Waals surface area (Å²) in [6.07, 6.45) is 4.71. The van der Waals surface area contributed by atoms with Crippen molar-refractivity contribution in [3.63, 3.8) is 0 Å². The van der Waals surface area contributed by atoms with Gasteiger partial charge in [0.1, 0.15) is 5.82 Å². The van der Waals surface area contributed by atoms with Gasteiger partial charge >= 0.3 is 0 Å². The minimum Gasteiger partial charge on any atom is -0.395 e. The second-order valence-electron chi connectivity index (χ2n) is 4.18. The van der Waals surface area contributed by atoms with Crippen LogP contribution in [0.15, 0.2) is 18.3 Å². The SMILES string of the molecule is O=C1CCCCN1c1cc(C#CCCO)ccn1. The molecule has 1 aromatic rings. The van der Waals surface area contributed by atoms with Gasteiger partial charge in [0, 0.05) is 31.1 Å². The van der Waals surface area contributed by atoms with Crippen molar-refractivity contribution in [1.82, 2.24) is 4.98 Å². The number of carbonyl (C=O) groups excluding carboxylic acids is 1. The molecule has 4 nitrogen and oxygen atoms in total. The fourth-order valence-corrected chi connectivity index (χ4v) is 1.91. The van der Waals surface area contributed by atoms with Crippen LogP contribution in [0.25, 0.3) is 0 Å². The van der Waals surface area contributed by atoms with Gasteiger partial charge < -0.3 is 5.11 Å². The van der Waals surface area contributed by atoms with Crippen molar-refractivity contribution in [1.29, 1.82) is 0 Å². The zero-order chi connectivity index (χ0) is 12.8. The van der Waals surface area contributed by atoms with Crippen LogP contribution in [0.5, 0.6) is 0 Å². The highest BCUT2D eigenvalue weighted by atomic mass is 16.2. The molecule has 1 fully saturated rings. The van der Waals surface area contributed by atoms with Gasteiger partial charge in [-0.25, -0.2) is 4.98 Å². The highest BCUT2D eigenvalue weighted by Gasteiger charge is 2.20. The fourth-order valence-electron chi connectivity index (χ4n) is 1.91. The number of aliphatic hydroxyl groups is 1. The van der Waals surface area contributed by atoms with Crippen LogP contribution in [0.4, 0.5) is 5.82 Å². The second kappa shape index (κ2) is 6.18. The molecule has 2 rings (SSSR count). The van der Waals surface area contributed by atoms with Crippen molar-refractivity contribution in [2.75, 3.05) is 18.1 Å². The van der Waals surface area contributed by atoms with E-state index in [9.17, 15) is 4.79 Å². The van der Waals surface area contributed by atoms with Crippen LogP contribution in [0.1, 0.15) is 31.2 Å². The van der Waals surface area contributed by atoms with Crippen molar-refractivity contribution in [2.24, 2.45) is 0 Å². The number of aromatic nitrogens is 1. The molecular weight excluding hydrogens is 228 g/mol. The van der Waals surface area contributed by atoms with Crippen LogP contribution in [0.2, 0.25) is 0 Å². The van der Waals surface area contributed by atoms with E-state index in [4.69, 9.17) is 5.11 Å². The highest BCUT2D eigenvalue weighted by Crippen LogP contribution is 2.19. The molecule has 0 saturated carbocycles. The lowest BCUT2D eigenvalue weighted by Crippen LogP contribution is -2.35. The maximum absolute atomic E-state index is 11.8. The summed E-state index contributed by atoms with van der Waals surface area (Å²) in [6, 6.07) is 3.63. The molecule has 94 valence electrons. The average Bonchev–Trinajstić information content (AvgIpc) is 2.40. The van der Waals surface area contributed by atoms with E-state index in [-0.39, 0.29) is 12.5 Å². The number of anilines is 1. The van der Waals surface area contributed by atoms with Crippen LogP contribution in [0, 0.1) is 11.8 Å². The van der Waals surface area contributed by atoms with Crippen molar-refractivity contribution < 1.29 is 9.90 Å². The largest absolute Gasteiger partial charge is 0.395 e. The average molecular weight is 244 g/mol. The molecule has 1 N–H and O–H groups in total.